The van der Waals surface area contributed by atoms with Crippen LogP contribution in [0.25, 0.3) is 0 Å². The van der Waals surface area contributed by atoms with E-state index in [0.717, 1.165) is 0 Å². The second-order valence-electron chi connectivity index (χ2n) is 0. The van der Waals surface area contributed by atoms with Gasteiger partial charge >= 0.3 is 113 Å². The zero-order valence-electron chi connectivity index (χ0n) is 9.71. The molecule has 0 saturated carbocycles. The molecule has 0 atom stereocenters. The molecule has 10 valence electrons. The van der Waals surface area contributed by atoms with E-state index in [1.807, 2.05) is 0 Å². The molecule has 0 N–H and O–H groups in total. The van der Waals surface area contributed by atoms with Crippen molar-refractivity contribution in [1.82, 2.24) is 0 Å². The monoisotopic (exact) mass is 99.0 g/mol. The molecule has 0 aromatic heterocycles. The van der Waals surface area contributed by atoms with Crippen LogP contribution in [0.2, 0.25) is 0 Å². The molecule has 0 radical (unpaired) electrons. The van der Waals surface area contributed by atoms with Crippen molar-refractivity contribution in [2.45, 2.75) is 0 Å². The SMILES string of the molecule is [H+].[H-].[H-].[H-].[H-].[H-].[Mg+2].[Na+].[Na+].[Na+]. The molecule has 0 bridgehead atoms. The Bertz CT molecular complexity index is 13.0. The number of hydrogen-bond donors (Lipinski definition) is 0. The average molecular weight is 99.3 g/mol. The Morgan fingerprint density at radius 3 is 1.00 bits per heavy atom. The third-order valence-corrected chi connectivity index (χ3v) is 0. The van der Waals surface area contributed by atoms with E-state index >= 15 is 0 Å². The second-order valence-corrected chi connectivity index (χ2v) is 0. The van der Waals surface area contributed by atoms with Gasteiger partial charge in [0.2, 0.25) is 0 Å². The molecular weight excluding hydrogens is 93.3 g/mol. The summed E-state index contributed by atoms with van der Waals surface area (Å²) in [6.07, 6.45) is 0. The van der Waals surface area contributed by atoms with Gasteiger partial charge in [-0.05, 0) is 0 Å². The molecule has 0 rings (SSSR count). The third-order valence-electron chi connectivity index (χ3n) is 0. The van der Waals surface area contributed by atoms with Gasteiger partial charge < -0.3 is 7.13 Å². The van der Waals surface area contributed by atoms with E-state index in [2.05, 4.69) is 0 Å². The van der Waals surface area contributed by atoms with Gasteiger partial charge in [-0.25, -0.2) is 0 Å². The first-order valence-electron chi connectivity index (χ1n) is 0. The van der Waals surface area contributed by atoms with Crippen LogP contribution in [0.1, 0.15) is 8.56 Å². The van der Waals surface area contributed by atoms with Gasteiger partial charge in [0, 0.05) is 0 Å². The first-order valence-corrected chi connectivity index (χ1v) is 0. The van der Waals surface area contributed by atoms with Crippen LogP contribution in [0.3, 0.4) is 0 Å². The quantitative estimate of drug-likeness (QED) is 0.265. The van der Waals surface area contributed by atoms with Gasteiger partial charge in [0.1, 0.15) is 0 Å². The van der Waals surface area contributed by atoms with Gasteiger partial charge in [-0.3, -0.25) is 0 Å². The van der Waals surface area contributed by atoms with Crippen LogP contribution in [0.4, 0.5) is 0 Å². The Hall–Kier alpha value is 3.77. The molecule has 0 aromatic carbocycles. The first kappa shape index (κ1) is 25.1. The molecule has 0 aliphatic rings. The van der Waals surface area contributed by atoms with Gasteiger partial charge in [-0.2, -0.15) is 0 Å². The van der Waals surface area contributed by atoms with E-state index in [0.29, 0.717) is 0 Å². The summed E-state index contributed by atoms with van der Waals surface area (Å²) in [5.41, 5.74) is 0. The van der Waals surface area contributed by atoms with E-state index in [1.165, 1.54) is 0 Å². The van der Waals surface area contributed by atoms with Crippen molar-refractivity contribution in [3.63, 3.8) is 0 Å². The summed E-state index contributed by atoms with van der Waals surface area (Å²) in [7, 11) is 0. The van der Waals surface area contributed by atoms with Crippen molar-refractivity contribution < 1.29 is 97.2 Å². The maximum Gasteiger partial charge on any atom is 2.00 e. The fourth-order valence-electron chi connectivity index (χ4n) is 0. The number of rotatable bonds is 0. The molecule has 0 heterocycles. The van der Waals surface area contributed by atoms with E-state index in [-0.39, 0.29) is 120 Å². The van der Waals surface area contributed by atoms with Gasteiger partial charge in [-0.1, -0.05) is 0 Å². The fourth-order valence-corrected chi connectivity index (χ4v) is 0. The Morgan fingerprint density at radius 1 is 1.00 bits per heavy atom. The Labute approximate surface area is 118 Å². The van der Waals surface area contributed by atoms with E-state index in [1.54, 1.807) is 0 Å². The number of hydrogen-bond acceptors (Lipinski definition) is 0. The minimum absolute atomic E-state index is 0. The molecule has 4 heteroatoms. The fraction of sp³-hybridized carbons (Fsp3) is 0. The van der Waals surface area contributed by atoms with Crippen molar-refractivity contribution in [2.75, 3.05) is 0 Å². The molecule has 0 aliphatic carbocycles. The molecular formula is H6MgNa3+. The van der Waals surface area contributed by atoms with Gasteiger partial charge in [0.15, 0.2) is 0 Å². The van der Waals surface area contributed by atoms with Gasteiger partial charge in [-0.15, -0.1) is 0 Å². The maximum atomic E-state index is 0. The van der Waals surface area contributed by atoms with Crippen molar-refractivity contribution in [3.05, 3.63) is 0 Å². The molecule has 0 spiro atoms. The minimum Gasteiger partial charge on any atom is -1.00 e. The van der Waals surface area contributed by atoms with Crippen LogP contribution in [0.15, 0.2) is 0 Å². The summed E-state index contributed by atoms with van der Waals surface area (Å²) in [6, 6.07) is 0. The molecule has 0 amide bonds. The van der Waals surface area contributed by atoms with Crippen LogP contribution < -0.4 is 88.7 Å². The van der Waals surface area contributed by atoms with Gasteiger partial charge in [0.05, 0.1) is 0 Å². The molecule has 0 unspecified atom stereocenters. The third kappa shape index (κ3) is 9.23. The first-order chi connectivity index (χ1) is 0. The van der Waals surface area contributed by atoms with Crippen LogP contribution in [-0.2, 0) is 0 Å². The van der Waals surface area contributed by atoms with E-state index < -0.39 is 0 Å². The summed E-state index contributed by atoms with van der Waals surface area (Å²) in [5, 5.41) is 0. The smallest absolute Gasteiger partial charge is 1.00 e. The van der Waals surface area contributed by atoms with E-state index in [9.17, 15) is 0 Å². The van der Waals surface area contributed by atoms with Crippen molar-refractivity contribution >= 4 is 23.1 Å². The molecule has 0 nitrogen and oxygen atoms in total. The van der Waals surface area contributed by atoms with Crippen molar-refractivity contribution in [2.24, 2.45) is 0 Å². The van der Waals surface area contributed by atoms with Crippen LogP contribution >= 0.6 is 0 Å². The van der Waals surface area contributed by atoms with E-state index in [4.69, 9.17) is 0 Å². The van der Waals surface area contributed by atoms with Gasteiger partial charge in [0.25, 0.3) is 0 Å². The predicted molar refractivity (Wildman–Crippen MR) is 12.4 cm³/mol. The predicted octanol–water partition coefficient (Wildman–Crippen LogP) is -8.69. The Morgan fingerprint density at radius 2 is 1.00 bits per heavy atom. The molecule has 4 heavy (non-hydrogen) atoms. The molecule has 0 fully saturated rings. The van der Waals surface area contributed by atoms with Crippen LogP contribution in [0.5, 0.6) is 0 Å². The topological polar surface area (TPSA) is 0 Å². The molecule has 0 saturated heterocycles. The normalized spacial score (nSPS) is 0. The minimum atomic E-state index is 0. The summed E-state index contributed by atoms with van der Waals surface area (Å²) < 4.78 is 0. The summed E-state index contributed by atoms with van der Waals surface area (Å²) in [5.74, 6) is 0. The Balaban J connectivity index is 0. The van der Waals surface area contributed by atoms with Crippen molar-refractivity contribution in [3.8, 4) is 0 Å². The zero-order chi connectivity index (χ0) is 0. The average Bonchev–Trinajstić information content (AvgIpc) is 0. The molecule has 0 aliphatic heterocycles. The Kier molecular flexibility index (Phi) is 99.4. The van der Waals surface area contributed by atoms with Crippen LogP contribution in [0, 0.1) is 0 Å². The second kappa shape index (κ2) is 15.9. The molecule has 0 aromatic rings. The zero-order valence-corrected chi connectivity index (χ0v) is 11.1. The van der Waals surface area contributed by atoms with Crippen LogP contribution in [-0.4, -0.2) is 23.1 Å². The summed E-state index contributed by atoms with van der Waals surface area (Å²) >= 11 is 0. The standard InChI is InChI=1S/Mg.3Na.5H/q+2;3*+1;5*-1/p+1. The van der Waals surface area contributed by atoms with Crippen molar-refractivity contribution in [1.29, 1.82) is 0 Å². The largest absolute Gasteiger partial charge is 2.00 e. The summed E-state index contributed by atoms with van der Waals surface area (Å²) in [6.45, 7) is 0. The summed E-state index contributed by atoms with van der Waals surface area (Å²) in [4.78, 5) is 0. The maximum absolute atomic E-state index is 0.